The van der Waals surface area contributed by atoms with Crippen molar-refractivity contribution in [3.8, 4) is 0 Å². The number of hydrogen-bond donors (Lipinski definition) is 0. The predicted molar refractivity (Wildman–Crippen MR) is 76.4 cm³/mol. The van der Waals surface area contributed by atoms with Crippen LogP contribution in [0.3, 0.4) is 0 Å². The van der Waals surface area contributed by atoms with Crippen molar-refractivity contribution in [1.82, 2.24) is 24.5 Å². The molecule has 0 saturated carbocycles. The van der Waals surface area contributed by atoms with Crippen molar-refractivity contribution in [3.63, 3.8) is 0 Å². The highest BCUT2D eigenvalue weighted by Gasteiger charge is 2.30. The summed E-state index contributed by atoms with van der Waals surface area (Å²) in [5.41, 5.74) is 4.30. The van der Waals surface area contributed by atoms with Crippen LogP contribution in [0.25, 0.3) is 0 Å². The Balaban J connectivity index is 1.45. The van der Waals surface area contributed by atoms with E-state index < -0.39 is 0 Å². The SMILES string of the molecule is Cn1nc2c(c1CN1CC(n3cccn3)C1)CCCC2. The molecule has 5 nitrogen and oxygen atoms in total. The van der Waals surface area contributed by atoms with Crippen molar-refractivity contribution in [2.45, 2.75) is 38.3 Å². The minimum Gasteiger partial charge on any atom is -0.293 e. The summed E-state index contributed by atoms with van der Waals surface area (Å²) < 4.78 is 4.19. The molecule has 0 aromatic carbocycles. The van der Waals surface area contributed by atoms with Gasteiger partial charge >= 0.3 is 0 Å². The highest BCUT2D eigenvalue weighted by atomic mass is 15.4. The van der Waals surface area contributed by atoms with Crippen molar-refractivity contribution < 1.29 is 0 Å². The Bertz CT molecular complexity index is 592. The quantitative estimate of drug-likeness (QED) is 0.850. The van der Waals surface area contributed by atoms with Crippen molar-refractivity contribution >= 4 is 0 Å². The number of hydrogen-bond acceptors (Lipinski definition) is 3. The van der Waals surface area contributed by atoms with E-state index in [2.05, 4.69) is 32.6 Å². The lowest BCUT2D eigenvalue weighted by Gasteiger charge is -2.39. The summed E-state index contributed by atoms with van der Waals surface area (Å²) >= 11 is 0. The van der Waals surface area contributed by atoms with Crippen molar-refractivity contribution in [2.24, 2.45) is 7.05 Å². The van der Waals surface area contributed by atoms with Gasteiger partial charge in [-0.05, 0) is 37.3 Å². The van der Waals surface area contributed by atoms with Crippen LogP contribution >= 0.6 is 0 Å². The molecule has 4 rings (SSSR count). The summed E-state index contributed by atoms with van der Waals surface area (Å²) in [6.45, 7) is 3.24. The third-order valence-corrected chi connectivity index (χ3v) is 4.66. The predicted octanol–water partition coefficient (Wildman–Crippen LogP) is 1.55. The maximum atomic E-state index is 4.70. The summed E-state index contributed by atoms with van der Waals surface area (Å²) in [6.07, 6.45) is 8.93. The summed E-state index contributed by atoms with van der Waals surface area (Å²) in [7, 11) is 2.10. The van der Waals surface area contributed by atoms with Gasteiger partial charge in [0.05, 0.1) is 17.4 Å². The summed E-state index contributed by atoms with van der Waals surface area (Å²) in [5.74, 6) is 0. The number of fused-ring (bicyclic) bond motifs is 1. The second-order valence-corrected chi connectivity index (χ2v) is 6.04. The highest BCUT2D eigenvalue weighted by molar-refractivity contribution is 5.28. The average molecular weight is 271 g/mol. The van der Waals surface area contributed by atoms with Crippen LogP contribution in [-0.4, -0.2) is 37.6 Å². The largest absolute Gasteiger partial charge is 0.293 e. The second kappa shape index (κ2) is 4.74. The average Bonchev–Trinajstić information content (AvgIpc) is 3.01. The lowest BCUT2D eigenvalue weighted by atomic mass is 9.95. The fourth-order valence-electron chi connectivity index (χ4n) is 3.49. The van der Waals surface area contributed by atoms with Gasteiger partial charge in [-0.2, -0.15) is 10.2 Å². The Kier molecular flexibility index (Phi) is 2.88. The van der Waals surface area contributed by atoms with Gasteiger partial charge in [-0.1, -0.05) is 0 Å². The van der Waals surface area contributed by atoms with Crippen LogP contribution in [0.5, 0.6) is 0 Å². The van der Waals surface area contributed by atoms with Gasteiger partial charge in [0.2, 0.25) is 0 Å². The smallest absolute Gasteiger partial charge is 0.0773 e. The Hall–Kier alpha value is -1.62. The van der Waals surface area contributed by atoms with Gasteiger partial charge in [0.15, 0.2) is 0 Å². The number of aryl methyl sites for hydroxylation is 2. The lowest BCUT2D eigenvalue weighted by Crippen LogP contribution is -2.47. The topological polar surface area (TPSA) is 38.9 Å². The number of nitrogens with zero attached hydrogens (tertiary/aromatic N) is 5. The van der Waals surface area contributed by atoms with Gasteiger partial charge in [-0.3, -0.25) is 14.3 Å². The fraction of sp³-hybridized carbons (Fsp3) is 0.600. The zero-order valence-electron chi connectivity index (χ0n) is 12.0. The molecule has 0 radical (unpaired) electrons. The van der Waals surface area contributed by atoms with Gasteiger partial charge < -0.3 is 0 Å². The van der Waals surface area contributed by atoms with E-state index in [9.17, 15) is 0 Å². The molecule has 2 aliphatic rings. The van der Waals surface area contributed by atoms with Crippen LogP contribution in [0, 0.1) is 0 Å². The molecule has 1 fully saturated rings. The standard InChI is InChI=1S/C15H21N5/c1-18-15(13-5-2-3-6-14(13)17-18)11-19-9-12(10-19)20-8-4-7-16-20/h4,7-8,12H,2-3,5-6,9-11H2,1H3. The minimum atomic E-state index is 0.550. The van der Waals surface area contributed by atoms with E-state index in [0.29, 0.717) is 6.04 Å². The molecule has 0 N–H and O–H groups in total. The zero-order chi connectivity index (χ0) is 13.5. The van der Waals surface area contributed by atoms with E-state index in [1.165, 1.54) is 42.6 Å². The molecule has 0 atom stereocenters. The van der Waals surface area contributed by atoms with Crippen molar-refractivity contribution in [1.29, 1.82) is 0 Å². The molecule has 1 aliphatic heterocycles. The maximum Gasteiger partial charge on any atom is 0.0773 e. The Morgan fingerprint density at radius 1 is 1.25 bits per heavy atom. The number of likely N-dealkylation sites (tertiary alicyclic amines) is 1. The maximum absolute atomic E-state index is 4.70. The number of aromatic nitrogens is 4. The lowest BCUT2D eigenvalue weighted by molar-refractivity contribution is 0.0879. The summed E-state index contributed by atoms with van der Waals surface area (Å²) in [4.78, 5) is 2.50. The van der Waals surface area contributed by atoms with Crippen molar-refractivity contribution in [2.75, 3.05) is 13.1 Å². The van der Waals surface area contributed by atoms with E-state index in [1.807, 2.05) is 12.3 Å². The van der Waals surface area contributed by atoms with E-state index in [0.717, 1.165) is 19.6 Å². The molecule has 2 aromatic rings. The molecular weight excluding hydrogens is 250 g/mol. The normalized spacial score (nSPS) is 19.9. The Morgan fingerprint density at radius 2 is 2.10 bits per heavy atom. The van der Waals surface area contributed by atoms with Gasteiger partial charge in [-0.25, -0.2) is 0 Å². The highest BCUT2D eigenvalue weighted by Crippen LogP contribution is 2.27. The first-order valence-electron chi connectivity index (χ1n) is 7.56. The van der Waals surface area contributed by atoms with Gasteiger partial charge in [-0.15, -0.1) is 0 Å². The third-order valence-electron chi connectivity index (χ3n) is 4.66. The van der Waals surface area contributed by atoms with Crippen LogP contribution in [0.2, 0.25) is 0 Å². The van der Waals surface area contributed by atoms with Crippen LogP contribution in [0.15, 0.2) is 18.5 Å². The van der Waals surface area contributed by atoms with Gasteiger partial charge in [0.1, 0.15) is 0 Å². The fourth-order valence-corrected chi connectivity index (χ4v) is 3.49. The third kappa shape index (κ3) is 1.97. The molecule has 5 heteroatoms. The molecule has 1 saturated heterocycles. The van der Waals surface area contributed by atoms with E-state index >= 15 is 0 Å². The molecule has 106 valence electrons. The Morgan fingerprint density at radius 3 is 2.90 bits per heavy atom. The molecular formula is C15H21N5. The van der Waals surface area contributed by atoms with Crippen LogP contribution in [0.1, 0.15) is 35.8 Å². The van der Waals surface area contributed by atoms with E-state index in [4.69, 9.17) is 5.10 Å². The van der Waals surface area contributed by atoms with Crippen LogP contribution < -0.4 is 0 Å². The zero-order valence-corrected chi connectivity index (χ0v) is 12.0. The van der Waals surface area contributed by atoms with E-state index in [-0.39, 0.29) is 0 Å². The molecule has 0 unspecified atom stereocenters. The second-order valence-electron chi connectivity index (χ2n) is 6.04. The number of rotatable bonds is 3. The molecule has 2 aromatic heterocycles. The van der Waals surface area contributed by atoms with Gasteiger partial charge in [0.25, 0.3) is 0 Å². The first kappa shape index (κ1) is 12.1. The van der Waals surface area contributed by atoms with Crippen LogP contribution in [-0.2, 0) is 26.4 Å². The molecule has 3 heterocycles. The summed E-state index contributed by atoms with van der Waals surface area (Å²) in [6, 6.07) is 2.55. The van der Waals surface area contributed by atoms with E-state index in [1.54, 1.807) is 0 Å². The first-order chi connectivity index (χ1) is 9.81. The Labute approximate surface area is 119 Å². The molecule has 0 spiro atoms. The van der Waals surface area contributed by atoms with Gasteiger partial charge in [0, 0.05) is 39.1 Å². The molecule has 0 amide bonds. The molecule has 0 bridgehead atoms. The first-order valence-corrected chi connectivity index (χ1v) is 7.56. The molecule has 20 heavy (non-hydrogen) atoms. The molecule has 1 aliphatic carbocycles. The minimum absolute atomic E-state index is 0.550. The monoisotopic (exact) mass is 271 g/mol. The van der Waals surface area contributed by atoms with Crippen molar-refractivity contribution in [3.05, 3.63) is 35.4 Å². The summed E-state index contributed by atoms with van der Waals surface area (Å²) in [5, 5.41) is 9.03. The van der Waals surface area contributed by atoms with Crippen LogP contribution in [0.4, 0.5) is 0 Å².